The maximum Gasteiger partial charge on any atom is 0.264 e. The van der Waals surface area contributed by atoms with Crippen molar-refractivity contribution in [2.45, 2.75) is 78.0 Å². The predicted octanol–water partition coefficient (Wildman–Crippen LogP) is 6.02. The Labute approximate surface area is 271 Å². The Kier molecular flexibility index (Phi) is 8.94. The smallest absolute Gasteiger partial charge is 0.264 e. The molecule has 4 aromatic rings. The third-order valence-electron chi connectivity index (χ3n) is 7.80. The van der Waals surface area contributed by atoms with E-state index in [1.54, 1.807) is 55.1 Å². The van der Waals surface area contributed by atoms with Gasteiger partial charge in [-0.3, -0.25) is 9.78 Å². The standard InChI is InChI=1S/C35H41N5O5S/c1-22-11-8-12-23(2)31(22)28-18-30-38-33(37-28)39-46(43,44)27-15-9-13-24(17-27)32(41)40(26(21-45-30)19-34(3,4)5)20-25-14-10-16-29(36-25)35(6,7)42/h8-18,26,42H,19-21H2,1-7H3,(H,37,38,39)/t26-/m1/s1. The van der Waals surface area contributed by atoms with Crippen molar-refractivity contribution in [1.82, 2.24) is 19.9 Å². The highest BCUT2D eigenvalue weighted by Gasteiger charge is 2.32. The van der Waals surface area contributed by atoms with Crippen LogP contribution in [0.2, 0.25) is 0 Å². The second-order valence-corrected chi connectivity index (χ2v) is 15.2. The van der Waals surface area contributed by atoms with Crippen LogP contribution in [0.4, 0.5) is 5.95 Å². The number of carbonyl (C=O) groups is 1. The van der Waals surface area contributed by atoms with Gasteiger partial charge in [0.15, 0.2) is 0 Å². The van der Waals surface area contributed by atoms with E-state index >= 15 is 0 Å². The maximum atomic E-state index is 14.4. The maximum absolute atomic E-state index is 14.4. The number of carbonyl (C=O) groups excluding carboxylic acids is 1. The van der Waals surface area contributed by atoms with Crippen molar-refractivity contribution in [1.29, 1.82) is 0 Å². The van der Waals surface area contributed by atoms with E-state index in [1.807, 2.05) is 32.0 Å². The molecule has 1 atom stereocenters. The molecule has 0 unspecified atom stereocenters. The number of hydrogen-bond acceptors (Lipinski definition) is 8. The van der Waals surface area contributed by atoms with Gasteiger partial charge in [0.05, 0.1) is 34.6 Å². The molecular formula is C35H41N5O5S. The lowest BCUT2D eigenvalue weighted by Gasteiger charge is -2.35. The third-order valence-corrected chi connectivity index (χ3v) is 9.12. The average molecular weight is 644 g/mol. The summed E-state index contributed by atoms with van der Waals surface area (Å²) in [6, 6.07) is 18.4. The van der Waals surface area contributed by atoms with E-state index in [0.29, 0.717) is 23.5 Å². The molecule has 11 heteroatoms. The number of benzene rings is 2. The van der Waals surface area contributed by atoms with Crippen LogP contribution in [0, 0.1) is 19.3 Å². The molecule has 46 heavy (non-hydrogen) atoms. The number of aromatic nitrogens is 3. The molecule has 242 valence electrons. The van der Waals surface area contributed by atoms with Gasteiger partial charge in [-0.15, -0.1) is 0 Å². The number of pyridine rings is 1. The van der Waals surface area contributed by atoms with Crippen LogP contribution in [0.5, 0.6) is 5.88 Å². The highest BCUT2D eigenvalue weighted by atomic mass is 32.2. The van der Waals surface area contributed by atoms with E-state index in [1.165, 1.54) is 12.1 Å². The summed E-state index contributed by atoms with van der Waals surface area (Å²) in [5, 5.41) is 10.6. The van der Waals surface area contributed by atoms with Crippen LogP contribution < -0.4 is 9.46 Å². The number of nitrogens with one attached hydrogen (secondary N) is 1. The van der Waals surface area contributed by atoms with Gasteiger partial charge in [-0.25, -0.2) is 18.1 Å². The molecule has 1 aliphatic rings. The number of rotatable bonds is 5. The summed E-state index contributed by atoms with van der Waals surface area (Å²) < 4.78 is 36.1. The highest BCUT2D eigenvalue weighted by Crippen LogP contribution is 2.32. The minimum atomic E-state index is -4.18. The number of aryl methyl sites for hydroxylation is 2. The number of amides is 1. The van der Waals surface area contributed by atoms with Gasteiger partial charge in [-0.1, -0.05) is 51.1 Å². The zero-order valence-electron chi connectivity index (χ0n) is 27.3. The number of sulfonamides is 1. The van der Waals surface area contributed by atoms with Crippen LogP contribution in [0.1, 0.15) is 73.9 Å². The fourth-order valence-corrected chi connectivity index (χ4v) is 6.62. The van der Waals surface area contributed by atoms with Gasteiger partial charge in [0.1, 0.15) is 12.2 Å². The first-order chi connectivity index (χ1) is 21.5. The molecule has 0 fully saturated rings. The van der Waals surface area contributed by atoms with Crippen LogP contribution >= 0.6 is 0 Å². The van der Waals surface area contributed by atoms with Gasteiger partial charge in [-0.2, -0.15) is 4.98 Å². The van der Waals surface area contributed by atoms with Gasteiger partial charge in [0, 0.05) is 17.2 Å². The molecule has 2 aromatic heterocycles. The molecule has 0 aliphatic carbocycles. The number of hydrogen-bond donors (Lipinski definition) is 2. The molecule has 1 amide bonds. The molecule has 10 nitrogen and oxygen atoms in total. The van der Waals surface area contributed by atoms with Crippen LogP contribution in [0.25, 0.3) is 11.3 Å². The van der Waals surface area contributed by atoms with Crippen molar-refractivity contribution in [3.05, 3.63) is 94.8 Å². The summed E-state index contributed by atoms with van der Waals surface area (Å²) in [7, 11) is -4.18. The second kappa shape index (κ2) is 12.4. The Morgan fingerprint density at radius 1 is 0.935 bits per heavy atom. The van der Waals surface area contributed by atoms with Crippen molar-refractivity contribution in [2.24, 2.45) is 5.41 Å². The monoisotopic (exact) mass is 643 g/mol. The van der Waals surface area contributed by atoms with Crippen molar-refractivity contribution in [2.75, 3.05) is 11.3 Å². The number of fused-ring (bicyclic) bond motifs is 4. The van der Waals surface area contributed by atoms with Gasteiger partial charge >= 0.3 is 0 Å². The molecule has 4 bridgehead atoms. The summed E-state index contributed by atoms with van der Waals surface area (Å²) in [6.07, 6.45) is 0.557. The van der Waals surface area contributed by atoms with E-state index in [0.717, 1.165) is 16.7 Å². The normalized spacial score (nSPS) is 16.8. The van der Waals surface area contributed by atoms with Crippen molar-refractivity contribution in [3.8, 4) is 17.1 Å². The van der Waals surface area contributed by atoms with E-state index < -0.39 is 21.7 Å². The Bertz CT molecular complexity index is 1860. The Balaban J connectivity index is 1.68. The summed E-state index contributed by atoms with van der Waals surface area (Å²) in [5.74, 6) is -0.341. The Hall–Kier alpha value is -4.35. The van der Waals surface area contributed by atoms with Crippen LogP contribution in [0.15, 0.2) is 71.6 Å². The van der Waals surface area contributed by atoms with Crippen LogP contribution in [-0.4, -0.2) is 51.9 Å². The van der Waals surface area contributed by atoms with Gasteiger partial charge in [0.2, 0.25) is 11.8 Å². The first kappa shape index (κ1) is 33.0. The molecule has 0 radical (unpaired) electrons. The van der Waals surface area contributed by atoms with Crippen molar-refractivity contribution in [3.63, 3.8) is 0 Å². The van der Waals surface area contributed by atoms with E-state index in [4.69, 9.17) is 4.74 Å². The summed E-state index contributed by atoms with van der Waals surface area (Å²) in [6.45, 7) is 13.7. The fraction of sp³-hybridized carbons (Fsp3) is 0.371. The Morgan fingerprint density at radius 2 is 1.61 bits per heavy atom. The molecule has 0 saturated carbocycles. The molecule has 1 aliphatic heterocycles. The largest absolute Gasteiger partial charge is 0.475 e. The first-order valence-corrected chi connectivity index (χ1v) is 16.7. The van der Waals surface area contributed by atoms with E-state index in [2.05, 4.69) is 40.4 Å². The summed E-state index contributed by atoms with van der Waals surface area (Å²) >= 11 is 0. The quantitative estimate of drug-likeness (QED) is 0.270. The minimum Gasteiger partial charge on any atom is -0.475 e. The van der Waals surface area contributed by atoms with Crippen LogP contribution in [0.3, 0.4) is 0 Å². The average Bonchev–Trinajstić information content (AvgIpc) is 2.96. The zero-order chi connectivity index (χ0) is 33.4. The first-order valence-electron chi connectivity index (χ1n) is 15.2. The molecule has 5 rings (SSSR count). The lowest BCUT2D eigenvalue weighted by atomic mass is 9.87. The molecule has 2 aromatic carbocycles. The number of ether oxygens (including phenoxy) is 1. The molecule has 0 spiro atoms. The van der Waals surface area contributed by atoms with Crippen molar-refractivity contribution >= 4 is 21.9 Å². The summed E-state index contributed by atoms with van der Waals surface area (Å²) in [5.41, 5.74) is 3.14. The van der Waals surface area contributed by atoms with E-state index in [-0.39, 0.29) is 46.8 Å². The lowest BCUT2D eigenvalue weighted by Crippen LogP contribution is -2.45. The topological polar surface area (TPSA) is 135 Å². The van der Waals surface area contributed by atoms with Crippen LogP contribution in [-0.2, 0) is 22.2 Å². The number of anilines is 1. The number of aliphatic hydroxyl groups is 1. The molecule has 2 N–H and O–H groups in total. The summed E-state index contributed by atoms with van der Waals surface area (Å²) in [4.78, 5) is 29.6. The SMILES string of the molecule is Cc1cccc(C)c1-c1cc2nc(n1)NS(=O)(=O)c1cccc(c1)C(=O)N(Cc1cccc(C(C)(C)O)n1)[C@H](CC(C)(C)C)CO2. The van der Waals surface area contributed by atoms with E-state index in [9.17, 15) is 18.3 Å². The zero-order valence-corrected chi connectivity index (χ0v) is 28.1. The fourth-order valence-electron chi connectivity index (χ4n) is 5.63. The van der Waals surface area contributed by atoms with Gasteiger partial charge < -0.3 is 14.7 Å². The molecular weight excluding hydrogens is 602 g/mol. The lowest BCUT2D eigenvalue weighted by molar-refractivity contribution is 0.0506. The molecule has 3 heterocycles. The van der Waals surface area contributed by atoms with Gasteiger partial charge in [0.25, 0.3) is 15.9 Å². The minimum absolute atomic E-state index is 0.0727. The Morgan fingerprint density at radius 3 is 2.28 bits per heavy atom. The molecule has 0 saturated heterocycles. The second-order valence-electron chi connectivity index (χ2n) is 13.6. The third kappa shape index (κ3) is 7.54. The van der Waals surface area contributed by atoms with Gasteiger partial charge in [-0.05, 0) is 81.0 Å². The predicted molar refractivity (Wildman–Crippen MR) is 177 cm³/mol. The number of nitrogens with zero attached hydrogens (tertiary/aromatic N) is 4. The van der Waals surface area contributed by atoms with Crippen molar-refractivity contribution < 1.29 is 23.1 Å². The highest BCUT2D eigenvalue weighted by molar-refractivity contribution is 7.92.